The first-order valence-corrected chi connectivity index (χ1v) is 6.13. The SMILES string of the molecule is CCOC(OC)(c1ccccc1)c1ccccc1. The van der Waals surface area contributed by atoms with Gasteiger partial charge in [0.2, 0.25) is 5.79 Å². The third kappa shape index (κ3) is 2.30. The van der Waals surface area contributed by atoms with Crippen LogP contribution in [0.4, 0.5) is 0 Å². The lowest BCUT2D eigenvalue weighted by atomic mass is 9.97. The first kappa shape index (κ1) is 12.8. The van der Waals surface area contributed by atoms with E-state index in [1.54, 1.807) is 7.11 Å². The van der Waals surface area contributed by atoms with Crippen molar-refractivity contribution < 1.29 is 9.47 Å². The summed E-state index contributed by atoms with van der Waals surface area (Å²) in [6.07, 6.45) is 0. The lowest BCUT2D eigenvalue weighted by molar-refractivity contribution is -0.199. The predicted octanol–water partition coefficient (Wildman–Crippen LogP) is 3.57. The fourth-order valence-electron chi connectivity index (χ4n) is 2.15. The van der Waals surface area contributed by atoms with Crippen LogP contribution in [0.5, 0.6) is 0 Å². The van der Waals surface area contributed by atoms with Gasteiger partial charge < -0.3 is 9.47 Å². The fourth-order valence-corrected chi connectivity index (χ4v) is 2.15. The Morgan fingerprint density at radius 1 is 0.833 bits per heavy atom. The Kier molecular flexibility index (Phi) is 4.13. The monoisotopic (exact) mass is 242 g/mol. The molecule has 18 heavy (non-hydrogen) atoms. The topological polar surface area (TPSA) is 18.5 Å². The van der Waals surface area contributed by atoms with Crippen LogP contribution in [0.25, 0.3) is 0 Å². The average Bonchev–Trinajstić information content (AvgIpc) is 2.47. The summed E-state index contributed by atoms with van der Waals surface area (Å²) in [5.74, 6) is -0.822. The lowest BCUT2D eigenvalue weighted by Crippen LogP contribution is -2.33. The summed E-state index contributed by atoms with van der Waals surface area (Å²) < 4.78 is 11.7. The molecule has 0 heterocycles. The number of methoxy groups -OCH3 is 1. The fraction of sp³-hybridized carbons (Fsp3) is 0.250. The van der Waals surface area contributed by atoms with Crippen molar-refractivity contribution in [3.05, 3.63) is 71.8 Å². The maximum atomic E-state index is 5.93. The van der Waals surface area contributed by atoms with Gasteiger partial charge in [-0.05, 0) is 6.92 Å². The van der Waals surface area contributed by atoms with Gasteiger partial charge in [-0.3, -0.25) is 0 Å². The van der Waals surface area contributed by atoms with Gasteiger partial charge in [-0.25, -0.2) is 0 Å². The van der Waals surface area contributed by atoms with Crippen molar-refractivity contribution in [3.8, 4) is 0 Å². The van der Waals surface area contributed by atoms with Crippen molar-refractivity contribution >= 4 is 0 Å². The highest BCUT2D eigenvalue weighted by Gasteiger charge is 2.34. The normalized spacial score (nSPS) is 11.4. The molecule has 0 atom stereocenters. The summed E-state index contributed by atoms with van der Waals surface area (Å²) >= 11 is 0. The molecule has 94 valence electrons. The second-order valence-corrected chi connectivity index (χ2v) is 3.99. The van der Waals surface area contributed by atoms with Gasteiger partial charge in [-0.2, -0.15) is 0 Å². The van der Waals surface area contributed by atoms with E-state index >= 15 is 0 Å². The van der Waals surface area contributed by atoms with Crippen molar-refractivity contribution in [2.24, 2.45) is 0 Å². The van der Waals surface area contributed by atoms with E-state index < -0.39 is 5.79 Å². The van der Waals surface area contributed by atoms with E-state index in [-0.39, 0.29) is 0 Å². The van der Waals surface area contributed by atoms with Crippen LogP contribution in [0.3, 0.4) is 0 Å². The van der Waals surface area contributed by atoms with E-state index in [1.807, 2.05) is 67.6 Å². The smallest absolute Gasteiger partial charge is 0.222 e. The van der Waals surface area contributed by atoms with Crippen LogP contribution >= 0.6 is 0 Å². The summed E-state index contributed by atoms with van der Waals surface area (Å²) in [5, 5.41) is 0. The Morgan fingerprint density at radius 2 is 1.28 bits per heavy atom. The quantitative estimate of drug-likeness (QED) is 0.746. The first-order chi connectivity index (χ1) is 8.83. The van der Waals surface area contributed by atoms with E-state index in [0.29, 0.717) is 6.61 Å². The van der Waals surface area contributed by atoms with Gasteiger partial charge in [0.05, 0.1) is 0 Å². The molecule has 0 radical (unpaired) electrons. The summed E-state index contributed by atoms with van der Waals surface area (Å²) in [6.45, 7) is 2.55. The van der Waals surface area contributed by atoms with Gasteiger partial charge in [0.15, 0.2) is 0 Å². The Hall–Kier alpha value is -1.64. The Bertz CT molecular complexity index is 425. The van der Waals surface area contributed by atoms with E-state index in [0.717, 1.165) is 11.1 Å². The second-order valence-electron chi connectivity index (χ2n) is 3.99. The van der Waals surface area contributed by atoms with Crippen LogP contribution in [-0.4, -0.2) is 13.7 Å². The zero-order chi connectivity index (χ0) is 12.8. The number of ether oxygens (including phenoxy) is 2. The zero-order valence-corrected chi connectivity index (χ0v) is 10.8. The summed E-state index contributed by atoms with van der Waals surface area (Å²) in [4.78, 5) is 0. The molecular weight excluding hydrogens is 224 g/mol. The average molecular weight is 242 g/mol. The number of rotatable bonds is 5. The summed E-state index contributed by atoms with van der Waals surface area (Å²) in [7, 11) is 1.68. The largest absolute Gasteiger partial charge is 0.346 e. The molecule has 0 fully saturated rings. The molecular formula is C16H18O2. The van der Waals surface area contributed by atoms with Crippen molar-refractivity contribution in [3.63, 3.8) is 0 Å². The van der Waals surface area contributed by atoms with Gasteiger partial charge in [0.25, 0.3) is 0 Å². The molecule has 2 rings (SSSR count). The second kappa shape index (κ2) is 5.80. The molecule has 0 saturated carbocycles. The van der Waals surface area contributed by atoms with Gasteiger partial charge in [-0.1, -0.05) is 60.7 Å². The first-order valence-electron chi connectivity index (χ1n) is 6.13. The van der Waals surface area contributed by atoms with Crippen molar-refractivity contribution in [2.45, 2.75) is 12.7 Å². The minimum absolute atomic E-state index is 0.581. The molecule has 0 aromatic heterocycles. The molecule has 2 heteroatoms. The molecule has 0 bridgehead atoms. The lowest BCUT2D eigenvalue weighted by Gasteiger charge is -2.33. The highest BCUT2D eigenvalue weighted by atomic mass is 16.7. The zero-order valence-electron chi connectivity index (χ0n) is 10.8. The van der Waals surface area contributed by atoms with E-state index in [2.05, 4.69) is 0 Å². The van der Waals surface area contributed by atoms with E-state index in [9.17, 15) is 0 Å². The number of benzene rings is 2. The molecule has 2 aromatic rings. The van der Waals surface area contributed by atoms with Crippen molar-refractivity contribution in [1.82, 2.24) is 0 Å². The van der Waals surface area contributed by atoms with Crippen LogP contribution in [0.1, 0.15) is 18.1 Å². The molecule has 0 N–H and O–H groups in total. The Balaban J connectivity index is 2.53. The molecule has 0 amide bonds. The third-order valence-corrected chi connectivity index (χ3v) is 2.94. The van der Waals surface area contributed by atoms with Crippen LogP contribution in [0.15, 0.2) is 60.7 Å². The van der Waals surface area contributed by atoms with Gasteiger partial charge >= 0.3 is 0 Å². The molecule has 0 spiro atoms. The van der Waals surface area contributed by atoms with E-state index in [4.69, 9.17) is 9.47 Å². The molecule has 0 unspecified atom stereocenters. The highest BCUT2D eigenvalue weighted by molar-refractivity contribution is 5.33. The summed E-state index contributed by atoms with van der Waals surface area (Å²) in [6, 6.07) is 20.0. The molecule has 2 nitrogen and oxygen atoms in total. The molecule has 0 aliphatic carbocycles. The van der Waals surface area contributed by atoms with Crippen LogP contribution < -0.4 is 0 Å². The van der Waals surface area contributed by atoms with Crippen LogP contribution in [-0.2, 0) is 15.3 Å². The van der Waals surface area contributed by atoms with Crippen LogP contribution in [0.2, 0.25) is 0 Å². The molecule has 0 saturated heterocycles. The molecule has 2 aromatic carbocycles. The minimum Gasteiger partial charge on any atom is -0.346 e. The third-order valence-electron chi connectivity index (χ3n) is 2.94. The minimum atomic E-state index is -0.822. The standard InChI is InChI=1S/C16H18O2/c1-3-18-16(17-2,14-10-6-4-7-11-14)15-12-8-5-9-13-15/h4-13H,3H2,1-2H3. The van der Waals surface area contributed by atoms with E-state index in [1.165, 1.54) is 0 Å². The molecule has 0 aliphatic rings. The Morgan fingerprint density at radius 3 is 1.61 bits per heavy atom. The summed E-state index contributed by atoms with van der Waals surface area (Å²) in [5.41, 5.74) is 2.00. The predicted molar refractivity (Wildman–Crippen MR) is 72.3 cm³/mol. The molecule has 0 aliphatic heterocycles. The Labute approximate surface area is 108 Å². The maximum Gasteiger partial charge on any atom is 0.222 e. The number of hydrogen-bond acceptors (Lipinski definition) is 2. The van der Waals surface area contributed by atoms with Crippen LogP contribution in [0, 0.1) is 0 Å². The number of hydrogen-bond donors (Lipinski definition) is 0. The van der Waals surface area contributed by atoms with Gasteiger partial charge in [-0.15, -0.1) is 0 Å². The highest BCUT2D eigenvalue weighted by Crippen LogP contribution is 2.34. The van der Waals surface area contributed by atoms with Gasteiger partial charge in [0.1, 0.15) is 0 Å². The van der Waals surface area contributed by atoms with Crippen molar-refractivity contribution in [2.75, 3.05) is 13.7 Å². The maximum absolute atomic E-state index is 5.93. The van der Waals surface area contributed by atoms with Crippen molar-refractivity contribution in [1.29, 1.82) is 0 Å². The van der Waals surface area contributed by atoms with Gasteiger partial charge in [0, 0.05) is 24.8 Å².